The number of carbonyl (C=O) groups is 1. The van der Waals surface area contributed by atoms with Gasteiger partial charge in [-0.2, -0.15) is 0 Å². The van der Waals surface area contributed by atoms with Crippen LogP contribution in [0, 0.1) is 0 Å². The van der Waals surface area contributed by atoms with Crippen molar-refractivity contribution < 1.29 is 4.79 Å². The minimum atomic E-state index is 0.598. The molecule has 1 amide bonds. The average molecular weight is 282 g/mol. The van der Waals surface area contributed by atoms with Gasteiger partial charge in [-0.25, -0.2) is 0 Å². The zero-order valence-electron chi connectivity index (χ0n) is 11.8. The molecule has 0 saturated carbocycles. The number of nitrogens with one attached hydrogen (secondary N) is 1. The highest BCUT2D eigenvalue weighted by atomic mass is 32.1. The van der Waals surface area contributed by atoms with Crippen LogP contribution in [-0.4, -0.2) is 37.0 Å². The van der Waals surface area contributed by atoms with Crippen molar-refractivity contribution in [3.63, 3.8) is 0 Å². The van der Waals surface area contributed by atoms with Crippen molar-refractivity contribution in [2.45, 2.75) is 45.1 Å². The Morgan fingerprint density at radius 1 is 1.37 bits per heavy atom. The molecule has 3 nitrogen and oxygen atoms in total. The van der Waals surface area contributed by atoms with E-state index >= 15 is 0 Å². The van der Waals surface area contributed by atoms with Gasteiger partial charge in [0.15, 0.2) is 0 Å². The van der Waals surface area contributed by atoms with Crippen molar-refractivity contribution in [3.05, 3.63) is 23.1 Å². The number of hydrogen-bond donors (Lipinski definition) is 2. The highest BCUT2D eigenvalue weighted by Crippen LogP contribution is 2.18. The zero-order valence-corrected chi connectivity index (χ0v) is 12.7. The Morgan fingerprint density at radius 3 is 2.74 bits per heavy atom. The first-order valence-electron chi connectivity index (χ1n) is 7.17. The van der Waals surface area contributed by atoms with Gasteiger partial charge in [-0.05, 0) is 57.0 Å². The molecule has 19 heavy (non-hydrogen) atoms. The molecule has 1 N–H and O–H groups in total. The third kappa shape index (κ3) is 7.43. The van der Waals surface area contributed by atoms with E-state index in [1.807, 2.05) is 13.0 Å². The first-order chi connectivity index (χ1) is 9.24. The predicted octanol–water partition coefficient (Wildman–Crippen LogP) is 2.76. The van der Waals surface area contributed by atoms with E-state index in [1.54, 1.807) is 0 Å². The minimum Gasteiger partial charge on any atom is -0.359 e. The molecule has 0 radical (unpaired) electrons. The summed E-state index contributed by atoms with van der Waals surface area (Å²) in [4.78, 5) is 13.9. The summed E-state index contributed by atoms with van der Waals surface area (Å²) in [6, 6.07) is 0.598. The lowest BCUT2D eigenvalue weighted by Crippen LogP contribution is -2.35. The van der Waals surface area contributed by atoms with Crippen LogP contribution in [0.5, 0.6) is 0 Å². The summed E-state index contributed by atoms with van der Waals surface area (Å²) in [5, 5.41) is 2.77. The Kier molecular flexibility index (Phi) is 8.67. The fourth-order valence-corrected chi connectivity index (χ4v) is 2.60. The second-order valence-electron chi connectivity index (χ2n) is 5.07. The van der Waals surface area contributed by atoms with Gasteiger partial charge < -0.3 is 10.2 Å². The van der Waals surface area contributed by atoms with E-state index in [4.69, 9.17) is 0 Å². The zero-order chi connectivity index (χ0) is 13.9. The molecule has 1 heterocycles. The molecule has 1 rings (SSSR count). The van der Waals surface area contributed by atoms with Crippen LogP contribution in [0.25, 0.3) is 0 Å². The largest absolute Gasteiger partial charge is 0.359 e. The molecular formula is C15H26N2OS. The van der Waals surface area contributed by atoms with Crippen LogP contribution in [-0.2, 0) is 4.79 Å². The minimum absolute atomic E-state index is 0.598. The molecule has 1 aliphatic rings. The van der Waals surface area contributed by atoms with Gasteiger partial charge in [-0.1, -0.05) is 18.2 Å². The van der Waals surface area contributed by atoms with E-state index in [-0.39, 0.29) is 0 Å². The second-order valence-corrected chi connectivity index (χ2v) is 5.78. The van der Waals surface area contributed by atoms with Crippen molar-refractivity contribution in [3.8, 4) is 0 Å². The average Bonchev–Trinajstić information content (AvgIpc) is 2.90. The van der Waals surface area contributed by atoms with Crippen LogP contribution in [0.4, 0.5) is 0 Å². The summed E-state index contributed by atoms with van der Waals surface area (Å²) >= 11 is 4.23. The van der Waals surface area contributed by atoms with Gasteiger partial charge in [-0.15, -0.1) is 12.6 Å². The van der Waals surface area contributed by atoms with Gasteiger partial charge in [0.2, 0.25) is 6.41 Å². The Hall–Kier alpha value is -0.740. The number of carbonyl (C=O) groups excluding carboxylic acids is 1. The number of amides is 1. The van der Waals surface area contributed by atoms with Crippen molar-refractivity contribution in [1.82, 2.24) is 10.2 Å². The van der Waals surface area contributed by atoms with Gasteiger partial charge in [0.05, 0.1) is 0 Å². The van der Waals surface area contributed by atoms with Crippen molar-refractivity contribution in [1.29, 1.82) is 0 Å². The van der Waals surface area contributed by atoms with Gasteiger partial charge in [0, 0.05) is 12.6 Å². The standard InChI is InChI=1S/C15H26N2OS/c1-14(19)7-3-2-4-8-15(9-10-16-13-18)17-11-5-6-12-17/h2-3,7,13,15,19H,4-6,8-12H2,1H3,(H,16,18)/b3-2+,14-7-. The van der Waals surface area contributed by atoms with E-state index in [1.165, 1.54) is 25.9 Å². The van der Waals surface area contributed by atoms with Crippen molar-refractivity contribution in [2.24, 2.45) is 0 Å². The van der Waals surface area contributed by atoms with Gasteiger partial charge in [0.1, 0.15) is 0 Å². The van der Waals surface area contributed by atoms with E-state index in [2.05, 4.69) is 35.0 Å². The SMILES string of the molecule is C/C(S)=C/C=C/CCC(CCNC=O)N1CCCC1. The molecule has 108 valence electrons. The van der Waals surface area contributed by atoms with Crippen molar-refractivity contribution >= 4 is 19.0 Å². The molecule has 1 unspecified atom stereocenters. The number of hydrogen-bond acceptors (Lipinski definition) is 3. The molecule has 0 bridgehead atoms. The van der Waals surface area contributed by atoms with Gasteiger partial charge in [0.25, 0.3) is 0 Å². The number of likely N-dealkylation sites (tertiary alicyclic amines) is 1. The molecule has 1 atom stereocenters. The smallest absolute Gasteiger partial charge is 0.207 e. The highest BCUT2D eigenvalue weighted by molar-refractivity contribution is 7.84. The monoisotopic (exact) mass is 282 g/mol. The summed E-state index contributed by atoms with van der Waals surface area (Å²) in [5.74, 6) is 0. The normalized spacial score (nSPS) is 18.9. The molecule has 0 aliphatic carbocycles. The quantitative estimate of drug-likeness (QED) is 0.295. The molecule has 1 fully saturated rings. The maximum Gasteiger partial charge on any atom is 0.207 e. The van der Waals surface area contributed by atoms with E-state index in [0.29, 0.717) is 6.04 Å². The number of rotatable bonds is 9. The number of thiol groups is 1. The van der Waals surface area contributed by atoms with Crippen LogP contribution in [0.1, 0.15) is 39.0 Å². The third-order valence-electron chi connectivity index (χ3n) is 3.50. The fourth-order valence-electron chi connectivity index (χ4n) is 2.52. The Bertz CT molecular complexity index is 305. The maximum absolute atomic E-state index is 10.3. The Morgan fingerprint density at radius 2 is 2.11 bits per heavy atom. The Balaban J connectivity index is 2.33. The first kappa shape index (κ1) is 16.3. The summed E-state index contributed by atoms with van der Waals surface area (Å²) < 4.78 is 0. The third-order valence-corrected chi connectivity index (χ3v) is 3.65. The second kappa shape index (κ2) is 10.1. The summed E-state index contributed by atoms with van der Waals surface area (Å²) in [5.41, 5.74) is 0. The summed E-state index contributed by atoms with van der Waals surface area (Å²) in [6.07, 6.45) is 13.0. The van der Waals surface area contributed by atoms with E-state index in [0.717, 1.165) is 37.1 Å². The summed E-state index contributed by atoms with van der Waals surface area (Å²) in [7, 11) is 0. The highest BCUT2D eigenvalue weighted by Gasteiger charge is 2.20. The molecule has 0 aromatic heterocycles. The van der Waals surface area contributed by atoms with E-state index < -0.39 is 0 Å². The maximum atomic E-state index is 10.3. The number of allylic oxidation sites excluding steroid dienone is 4. The van der Waals surface area contributed by atoms with Gasteiger partial charge in [-0.3, -0.25) is 4.79 Å². The summed E-state index contributed by atoms with van der Waals surface area (Å²) in [6.45, 7) is 5.19. The lowest BCUT2D eigenvalue weighted by Gasteiger charge is -2.27. The van der Waals surface area contributed by atoms with Crippen LogP contribution in [0.2, 0.25) is 0 Å². The molecule has 0 spiro atoms. The lowest BCUT2D eigenvalue weighted by atomic mass is 10.1. The molecule has 4 heteroatoms. The van der Waals surface area contributed by atoms with Crippen LogP contribution in [0.15, 0.2) is 23.1 Å². The first-order valence-corrected chi connectivity index (χ1v) is 7.62. The Labute approximate surface area is 122 Å². The molecular weight excluding hydrogens is 256 g/mol. The molecule has 1 aliphatic heterocycles. The van der Waals surface area contributed by atoms with Gasteiger partial charge >= 0.3 is 0 Å². The lowest BCUT2D eigenvalue weighted by molar-refractivity contribution is -0.109. The van der Waals surface area contributed by atoms with Crippen LogP contribution >= 0.6 is 12.6 Å². The molecule has 0 aromatic rings. The number of nitrogens with zero attached hydrogens (tertiary/aromatic N) is 1. The fraction of sp³-hybridized carbons (Fsp3) is 0.667. The van der Waals surface area contributed by atoms with E-state index in [9.17, 15) is 4.79 Å². The van der Waals surface area contributed by atoms with Crippen molar-refractivity contribution in [2.75, 3.05) is 19.6 Å². The van der Waals surface area contributed by atoms with Crippen LogP contribution < -0.4 is 5.32 Å². The predicted molar refractivity (Wildman–Crippen MR) is 84.4 cm³/mol. The topological polar surface area (TPSA) is 32.3 Å². The van der Waals surface area contributed by atoms with Crippen LogP contribution in [0.3, 0.4) is 0 Å². The molecule has 1 saturated heterocycles. The molecule has 0 aromatic carbocycles.